The fourth-order valence-corrected chi connectivity index (χ4v) is 3.64. The van der Waals surface area contributed by atoms with E-state index in [2.05, 4.69) is 35.9 Å². The van der Waals surface area contributed by atoms with Gasteiger partial charge in [-0.1, -0.05) is 6.92 Å². The predicted octanol–water partition coefficient (Wildman–Crippen LogP) is 0.889. The van der Waals surface area contributed by atoms with Crippen molar-refractivity contribution >= 4 is 11.8 Å². The van der Waals surface area contributed by atoms with Crippen LogP contribution in [0.2, 0.25) is 0 Å². The Hall–Kier alpha value is 0.270. The van der Waals surface area contributed by atoms with Crippen molar-refractivity contribution < 1.29 is 0 Å². The van der Waals surface area contributed by atoms with Crippen LogP contribution in [0.4, 0.5) is 0 Å². The summed E-state index contributed by atoms with van der Waals surface area (Å²) in [5.41, 5.74) is 0. The van der Waals surface area contributed by atoms with Crippen LogP contribution in [-0.4, -0.2) is 49.1 Å². The molecule has 2 nitrogen and oxygen atoms in total. The lowest BCUT2D eigenvalue weighted by atomic mass is 9.99. The first-order chi connectivity index (χ1) is 6.25. The molecular formula is C10H20N2S. The maximum absolute atomic E-state index is 3.71. The van der Waals surface area contributed by atoms with Crippen molar-refractivity contribution in [2.45, 2.75) is 13.0 Å². The first-order valence-corrected chi connectivity index (χ1v) is 6.41. The van der Waals surface area contributed by atoms with Crippen LogP contribution in [-0.2, 0) is 0 Å². The normalized spacial score (nSPS) is 36.5. The van der Waals surface area contributed by atoms with Crippen molar-refractivity contribution in [3.63, 3.8) is 0 Å². The van der Waals surface area contributed by atoms with Gasteiger partial charge in [-0.2, -0.15) is 11.8 Å². The average molecular weight is 200 g/mol. The molecule has 2 fully saturated rings. The largest absolute Gasteiger partial charge is 0.312 e. The summed E-state index contributed by atoms with van der Waals surface area (Å²) in [4.78, 5) is 2.39. The third-order valence-corrected chi connectivity index (χ3v) is 4.53. The van der Waals surface area contributed by atoms with Crippen LogP contribution in [0, 0.1) is 11.8 Å². The van der Waals surface area contributed by atoms with Gasteiger partial charge in [0.25, 0.3) is 0 Å². The smallest absolute Gasteiger partial charge is 0.0191 e. The van der Waals surface area contributed by atoms with Crippen molar-refractivity contribution in [2.24, 2.45) is 11.8 Å². The van der Waals surface area contributed by atoms with E-state index >= 15 is 0 Å². The third kappa shape index (κ3) is 2.39. The van der Waals surface area contributed by atoms with Crippen LogP contribution in [0.3, 0.4) is 0 Å². The van der Waals surface area contributed by atoms with Gasteiger partial charge in [0, 0.05) is 31.4 Å². The molecule has 2 saturated heterocycles. The third-order valence-electron chi connectivity index (χ3n) is 3.17. The van der Waals surface area contributed by atoms with Gasteiger partial charge in [0.1, 0.15) is 0 Å². The fourth-order valence-electron chi connectivity index (χ4n) is 2.20. The SMILES string of the molecule is CC1CSCC1NCC1CN(C)C1. The van der Waals surface area contributed by atoms with Crippen molar-refractivity contribution in [2.75, 3.05) is 38.2 Å². The van der Waals surface area contributed by atoms with E-state index in [1.54, 1.807) is 0 Å². The molecule has 2 heterocycles. The average Bonchev–Trinajstić information content (AvgIpc) is 2.43. The molecule has 3 heteroatoms. The lowest BCUT2D eigenvalue weighted by Gasteiger charge is -2.37. The van der Waals surface area contributed by atoms with Crippen LogP contribution < -0.4 is 5.32 Å². The van der Waals surface area contributed by atoms with Crippen molar-refractivity contribution in [1.29, 1.82) is 0 Å². The number of thioether (sulfide) groups is 1. The summed E-state index contributed by atoms with van der Waals surface area (Å²) < 4.78 is 0. The molecule has 0 bridgehead atoms. The highest BCUT2D eigenvalue weighted by Gasteiger charge is 2.27. The maximum atomic E-state index is 3.71. The standard InChI is InChI=1S/C10H20N2S/c1-8-6-13-7-10(8)11-3-9-4-12(2)5-9/h8-11H,3-7H2,1-2H3. The summed E-state index contributed by atoms with van der Waals surface area (Å²) in [5, 5.41) is 3.71. The Labute approximate surface area is 85.4 Å². The topological polar surface area (TPSA) is 15.3 Å². The summed E-state index contributed by atoms with van der Waals surface area (Å²) in [5.74, 6) is 4.47. The zero-order valence-electron chi connectivity index (χ0n) is 8.62. The highest BCUT2D eigenvalue weighted by atomic mass is 32.2. The Morgan fingerprint density at radius 3 is 2.69 bits per heavy atom. The molecular weight excluding hydrogens is 180 g/mol. The van der Waals surface area contributed by atoms with E-state index in [9.17, 15) is 0 Å². The van der Waals surface area contributed by atoms with Gasteiger partial charge in [-0.05, 0) is 24.6 Å². The van der Waals surface area contributed by atoms with Crippen LogP contribution >= 0.6 is 11.8 Å². The van der Waals surface area contributed by atoms with E-state index in [0.717, 1.165) is 17.9 Å². The molecule has 0 aromatic rings. The first-order valence-electron chi connectivity index (χ1n) is 5.25. The monoisotopic (exact) mass is 200 g/mol. The Kier molecular flexibility index (Phi) is 3.17. The molecule has 0 aromatic carbocycles. The van der Waals surface area contributed by atoms with Crippen LogP contribution in [0.1, 0.15) is 6.92 Å². The Morgan fingerprint density at radius 2 is 2.15 bits per heavy atom. The molecule has 13 heavy (non-hydrogen) atoms. The van der Waals surface area contributed by atoms with Gasteiger partial charge < -0.3 is 10.2 Å². The second-order valence-electron chi connectivity index (χ2n) is 4.62. The number of likely N-dealkylation sites (tertiary alicyclic amines) is 1. The summed E-state index contributed by atoms with van der Waals surface area (Å²) in [6.45, 7) is 6.19. The maximum Gasteiger partial charge on any atom is 0.0191 e. The van der Waals surface area contributed by atoms with E-state index in [-0.39, 0.29) is 0 Å². The molecule has 0 amide bonds. The van der Waals surface area contributed by atoms with E-state index in [1.165, 1.54) is 31.1 Å². The van der Waals surface area contributed by atoms with Crippen LogP contribution in [0.15, 0.2) is 0 Å². The quantitative estimate of drug-likeness (QED) is 0.728. The minimum atomic E-state index is 0.788. The molecule has 0 radical (unpaired) electrons. The fraction of sp³-hybridized carbons (Fsp3) is 1.00. The Bertz CT molecular complexity index is 168. The molecule has 0 aromatic heterocycles. The lowest BCUT2D eigenvalue weighted by Crippen LogP contribution is -2.50. The summed E-state index contributed by atoms with van der Waals surface area (Å²) in [7, 11) is 2.20. The zero-order valence-corrected chi connectivity index (χ0v) is 9.44. The number of nitrogens with one attached hydrogen (secondary N) is 1. The van der Waals surface area contributed by atoms with Gasteiger partial charge in [0.05, 0.1) is 0 Å². The van der Waals surface area contributed by atoms with Crippen molar-refractivity contribution in [3.8, 4) is 0 Å². The van der Waals surface area contributed by atoms with Gasteiger partial charge in [-0.3, -0.25) is 0 Å². The molecule has 76 valence electrons. The molecule has 1 N–H and O–H groups in total. The van der Waals surface area contributed by atoms with Gasteiger partial charge >= 0.3 is 0 Å². The van der Waals surface area contributed by atoms with Gasteiger partial charge in [-0.15, -0.1) is 0 Å². The highest BCUT2D eigenvalue weighted by molar-refractivity contribution is 7.99. The molecule has 2 atom stereocenters. The van der Waals surface area contributed by atoms with Gasteiger partial charge in [0.15, 0.2) is 0 Å². The predicted molar refractivity (Wildman–Crippen MR) is 59.3 cm³/mol. The number of nitrogens with zero attached hydrogens (tertiary/aromatic N) is 1. The molecule has 2 unspecified atom stereocenters. The summed E-state index contributed by atoms with van der Waals surface area (Å²) in [6, 6.07) is 0.788. The second kappa shape index (κ2) is 4.20. The van der Waals surface area contributed by atoms with Crippen LogP contribution in [0.25, 0.3) is 0 Å². The summed E-state index contributed by atoms with van der Waals surface area (Å²) in [6.07, 6.45) is 0. The minimum absolute atomic E-state index is 0.788. The molecule has 0 spiro atoms. The Balaban J connectivity index is 1.62. The highest BCUT2D eigenvalue weighted by Crippen LogP contribution is 2.24. The van der Waals surface area contributed by atoms with E-state index in [1.807, 2.05) is 0 Å². The van der Waals surface area contributed by atoms with Crippen molar-refractivity contribution in [1.82, 2.24) is 10.2 Å². The second-order valence-corrected chi connectivity index (χ2v) is 5.69. The van der Waals surface area contributed by atoms with E-state index in [0.29, 0.717) is 0 Å². The first kappa shape index (κ1) is 9.81. The number of hydrogen-bond donors (Lipinski definition) is 1. The molecule has 0 saturated carbocycles. The molecule has 0 aliphatic carbocycles. The molecule has 2 rings (SSSR count). The number of hydrogen-bond acceptors (Lipinski definition) is 3. The molecule has 2 aliphatic rings. The van der Waals surface area contributed by atoms with E-state index in [4.69, 9.17) is 0 Å². The molecule has 2 aliphatic heterocycles. The summed E-state index contributed by atoms with van der Waals surface area (Å²) >= 11 is 2.10. The minimum Gasteiger partial charge on any atom is -0.312 e. The van der Waals surface area contributed by atoms with Crippen LogP contribution in [0.5, 0.6) is 0 Å². The van der Waals surface area contributed by atoms with Crippen molar-refractivity contribution in [3.05, 3.63) is 0 Å². The zero-order chi connectivity index (χ0) is 9.26. The lowest BCUT2D eigenvalue weighted by molar-refractivity contribution is 0.129. The van der Waals surface area contributed by atoms with E-state index < -0.39 is 0 Å². The van der Waals surface area contributed by atoms with Gasteiger partial charge in [-0.25, -0.2) is 0 Å². The van der Waals surface area contributed by atoms with Gasteiger partial charge in [0.2, 0.25) is 0 Å². The number of rotatable bonds is 3. The Morgan fingerprint density at radius 1 is 1.38 bits per heavy atom.